The molecule has 0 unspecified atom stereocenters. The highest BCUT2D eigenvalue weighted by Gasteiger charge is 2.11. The Bertz CT molecular complexity index is 508. The molecule has 0 aliphatic rings. The van der Waals surface area contributed by atoms with Crippen molar-refractivity contribution in [3.63, 3.8) is 0 Å². The fourth-order valence-electron chi connectivity index (χ4n) is 1.77. The van der Waals surface area contributed by atoms with E-state index >= 15 is 0 Å². The smallest absolute Gasteiger partial charge is 0.274 e. The third-order valence-electron chi connectivity index (χ3n) is 2.52. The van der Waals surface area contributed by atoms with Crippen molar-refractivity contribution < 1.29 is 0 Å². The fourth-order valence-corrected chi connectivity index (χ4v) is 1.77. The van der Waals surface area contributed by atoms with Crippen LogP contribution < -0.4 is 5.56 Å². The third-order valence-corrected chi connectivity index (χ3v) is 2.52. The van der Waals surface area contributed by atoms with Gasteiger partial charge in [0.15, 0.2) is 0 Å². The van der Waals surface area contributed by atoms with E-state index in [2.05, 4.69) is 5.10 Å². The van der Waals surface area contributed by atoms with Gasteiger partial charge in [-0.1, -0.05) is 30.3 Å². The number of nitrogens with one attached hydrogen (secondary N) is 1. The van der Waals surface area contributed by atoms with Crippen LogP contribution in [0.25, 0.3) is 11.1 Å². The molecule has 0 saturated carbocycles. The van der Waals surface area contributed by atoms with Crippen LogP contribution in [0, 0.1) is 6.92 Å². The van der Waals surface area contributed by atoms with Gasteiger partial charge in [-0.05, 0) is 19.4 Å². The Balaban J connectivity index is 2.64. The molecule has 2 aromatic rings. The maximum atomic E-state index is 12.0. The van der Waals surface area contributed by atoms with E-state index < -0.39 is 0 Å². The topological polar surface area (TPSA) is 37.8 Å². The summed E-state index contributed by atoms with van der Waals surface area (Å²) in [6.07, 6.45) is 0. The summed E-state index contributed by atoms with van der Waals surface area (Å²) in [7, 11) is 0. The molecule has 78 valence electrons. The largest absolute Gasteiger partial charge is 0.299 e. The van der Waals surface area contributed by atoms with Crippen LogP contribution in [0.1, 0.15) is 12.6 Å². The van der Waals surface area contributed by atoms with Crippen molar-refractivity contribution in [3.8, 4) is 11.1 Å². The maximum absolute atomic E-state index is 12.0. The summed E-state index contributed by atoms with van der Waals surface area (Å²) in [6.45, 7) is 4.55. The van der Waals surface area contributed by atoms with Crippen molar-refractivity contribution in [3.05, 3.63) is 46.4 Å². The number of hydrogen-bond acceptors (Lipinski definition) is 1. The van der Waals surface area contributed by atoms with E-state index in [9.17, 15) is 4.79 Å². The maximum Gasteiger partial charge on any atom is 0.274 e. The highest BCUT2D eigenvalue weighted by Crippen LogP contribution is 2.17. The number of aryl methyl sites for hydroxylation is 2. The van der Waals surface area contributed by atoms with Crippen LogP contribution in [0.3, 0.4) is 0 Å². The summed E-state index contributed by atoms with van der Waals surface area (Å²) < 4.78 is 1.62. The minimum absolute atomic E-state index is 0.0567. The van der Waals surface area contributed by atoms with E-state index in [0.717, 1.165) is 16.8 Å². The van der Waals surface area contributed by atoms with Crippen LogP contribution in [-0.4, -0.2) is 9.78 Å². The second-order valence-electron chi connectivity index (χ2n) is 3.53. The van der Waals surface area contributed by atoms with Gasteiger partial charge in [0.1, 0.15) is 0 Å². The predicted molar refractivity (Wildman–Crippen MR) is 60.9 cm³/mol. The van der Waals surface area contributed by atoms with Gasteiger partial charge in [-0.15, -0.1) is 0 Å². The number of aromatic nitrogens is 2. The van der Waals surface area contributed by atoms with E-state index in [0.29, 0.717) is 6.54 Å². The Morgan fingerprint density at radius 3 is 2.47 bits per heavy atom. The molecule has 2 rings (SSSR count). The van der Waals surface area contributed by atoms with Gasteiger partial charge in [0.05, 0.1) is 5.56 Å². The van der Waals surface area contributed by atoms with Crippen molar-refractivity contribution in [1.29, 1.82) is 0 Å². The van der Waals surface area contributed by atoms with Crippen molar-refractivity contribution >= 4 is 0 Å². The molecule has 0 amide bonds. The van der Waals surface area contributed by atoms with E-state index in [-0.39, 0.29) is 5.56 Å². The van der Waals surface area contributed by atoms with Gasteiger partial charge in [0.2, 0.25) is 0 Å². The lowest BCUT2D eigenvalue weighted by Crippen LogP contribution is -2.16. The number of hydrogen-bond donors (Lipinski definition) is 1. The number of rotatable bonds is 2. The van der Waals surface area contributed by atoms with Crippen LogP contribution in [0.4, 0.5) is 0 Å². The Labute approximate surface area is 88.4 Å². The van der Waals surface area contributed by atoms with Gasteiger partial charge in [-0.3, -0.25) is 14.6 Å². The van der Waals surface area contributed by atoms with Gasteiger partial charge in [0.25, 0.3) is 5.56 Å². The average Bonchev–Trinajstić information content (AvgIpc) is 2.55. The number of nitrogens with zero attached hydrogens (tertiary/aromatic N) is 1. The molecule has 15 heavy (non-hydrogen) atoms. The van der Waals surface area contributed by atoms with Crippen LogP contribution in [0.2, 0.25) is 0 Å². The molecule has 0 aliphatic carbocycles. The summed E-state index contributed by atoms with van der Waals surface area (Å²) in [6, 6.07) is 9.74. The molecule has 0 aliphatic heterocycles. The summed E-state index contributed by atoms with van der Waals surface area (Å²) in [4.78, 5) is 12.0. The van der Waals surface area contributed by atoms with Gasteiger partial charge < -0.3 is 0 Å². The van der Waals surface area contributed by atoms with Crippen LogP contribution in [-0.2, 0) is 6.54 Å². The molecule has 1 heterocycles. The normalized spacial score (nSPS) is 10.5. The Morgan fingerprint density at radius 2 is 1.93 bits per heavy atom. The molecule has 0 atom stereocenters. The zero-order valence-electron chi connectivity index (χ0n) is 8.95. The number of aromatic amines is 1. The lowest BCUT2D eigenvalue weighted by Gasteiger charge is -1.96. The highest BCUT2D eigenvalue weighted by atomic mass is 16.1. The molecule has 1 aromatic heterocycles. The first-order valence-corrected chi connectivity index (χ1v) is 5.09. The minimum Gasteiger partial charge on any atom is -0.299 e. The van der Waals surface area contributed by atoms with Crippen molar-refractivity contribution in [2.24, 2.45) is 0 Å². The van der Waals surface area contributed by atoms with E-state index in [1.807, 2.05) is 44.2 Å². The lowest BCUT2D eigenvalue weighted by molar-refractivity contribution is 0.633. The molecule has 0 spiro atoms. The first-order valence-electron chi connectivity index (χ1n) is 5.09. The third kappa shape index (κ3) is 1.61. The quantitative estimate of drug-likeness (QED) is 0.796. The molecular weight excluding hydrogens is 188 g/mol. The second kappa shape index (κ2) is 3.77. The van der Waals surface area contributed by atoms with E-state index in [1.54, 1.807) is 4.68 Å². The lowest BCUT2D eigenvalue weighted by atomic mass is 10.1. The fraction of sp³-hybridized carbons (Fsp3) is 0.250. The molecular formula is C12H14N2O. The molecule has 0 fully saturated rings. The van der Waals surface area contributed by atoms with E-state index in [4.69, 9.17) is 0 Å². The minimum atomic E-state index is 0.0567. The van der Waals surface area contributed by atoms with Crippen molar-refractivity contribution in [2.75, 3.05) is 0 Å². The number of benzene rings is 1. The summed E-state index contributed by atoms with van der Waals surface area (Å²) in [5.74, 6) is 0. The Morgan fingerprint density at radius 1 is 1.27 bits per heavy atom. The van der Waals surface area contributed by atoms with Crippen LogP contribution >= 0.6 is 0 Å². The molecule has 0 saturated heterocycles. The molecule has 1 aromatic carbocycles. The summed E-state index contributed by atoms with van der Waals surface area (Å²) in [5.41, 5.74) is 2.73. The first kappa shape index (κ1) is 9.77. The molecule has 1 N–H and O–H groups in total. The van der Waals surface area contributed by atoms with Crippen molar-refractivity contribution in [2.45, 2.75) is 20.4 Å². The Kier molecular flexibility index (Phi) is 2.46. The molecule has 0 bridgehead atoms. The number of H-pyrrole nitrogens is 1. The van der Waals surface area contributed by atoms with Gasteiger partial charge >= 0.3 is 0 Å². The molecule has 3 heteroatoms. The standard InChI is InChI=1S/C12H14N2O/c1-3-14-12(15)11(9(2)13-14)10-7-5-4-6-8-10/h4-8,13H,3H2,1-2H3. The predicted octanol–water partition coefficient (Wildman–Crippen LogP) is 2.17. The molecule has 0 radical (unpaired) electrons. The zero-order chi connectivity index (χ0) is 10.8. The van der Waals surface area contributed by atoms with Gasteiger partial charge in [0, 0.05) is 12.2 Å². The SMILES string of the molecule is CCn1[nH]c(C)c(-c2ccccc2)c1=O. The first-order chi connectivity index (χ1) is 7.24. The molecule has 3 nitrogen and oxygen atoms in total. The second-order valence-corrected chi connectivity index (χ2v) is 3.53. The highest BCUT2D eigenvalue weighted by molar-refractivity contribution is 5.64. The van der Waals surface area contributed by atoms with Gasteiger partial charge in [-0.2, -0.15) is 0 Å². The van der Waals surface area contributed by atoms with Gasteiger partial charge in [-0.25, -0.2) is 0 Å². The van der Waals surface area contributed by atoms with Crippen LogP contribution in [0.5, 0.6) is 0 Å². The van der Waals surface area contributed by atoms with Crippen LogP contribution in [0.15, 0.2) is 35.1 Å². The Hall–Kier alpha value is -1.77. The zero-order valence-corrected chi connectivity index (χ0v) is 8.95. The summed E-state index contributed by atoms with van der Waals surface area (Å²) in [5, 5.41) is 3.07. The van der Waals surface area contributed by atoms with Crippen molar-refractivity contribution in [1.82, 2.24) is 9.78 Å². The average molecular weight is 202 g/mol. The van der Waals surface area contributed by atoms with E-state index in [1.165, 1.54) is 0 Å². The monoisotopic (exact) mass is 202 g/mol. The summed E-state index contributed by atoms with van der Waals surface area (Å²) >= 11 is 0.